The zero-order chi connectivity index (χ0) is 23.4. The minimum Gasteiger partial charge on any atom is -0.265 e. The summed E-state index contributed by atoms with van der Waals surface area (Å²) in [6.45, 7) is 8.07. The van der Waals surface area contributed by atoms with Crippen LogP contribution in [0.15, 0.2) is 89.4 Å². The Morgan fingerprint density at radius 2 is 1.94 bits per heavy atom. The largest absolute Gasteiger partial charge is 0.331 e. The normalized spacial score (nSPS) is 14.7. The minimum absolute atomic E-state index is 0.169. The number of aromatic nitrogens is 2. The summed E-state index contributed by atoms with van der Waals surface area (Å²) in [4.78, 5) is 12.7. The van der Waals surface area contributed by atoms with Crippen molar-refractivity contribution in [2.24, 2.45) is 10.1 Å². The lowest BCUT2D eigenvalue weighted by Crippen LogP contribution is -2.40. The van der Waals surface area contributed by atoms with Gasteiger partial charge in [0.1, 0.15) is 0 Å². The number of amidine groups is 1. The number of benzene rings is 1. The first-order chi connectivity index (χ1) is 15.9. The molecule has 0 unspecified atom stereocenters. The highest BCUT2D eigenvalue weighted by atomic mass is 19.3. The maximum absolute atomic E-state index is 16.0. The highest BCUT2D eigenvalue weighted by Gasteiger charge is 2.43. The lowest BCUT2D eigenvalue weighted by atomic mass is 10.0. The molecule has 0 radical (unpaired) electrons. The van der Waals surface area contributed by atoms with E-state index in [1.165, 1.54) is 12.1 Å². The van der Waals surface area contributed by atoms with Crippen molar-refractivity contribution in [2.45, 2.75) is 32.6 Å². The number of nitrogens with zero attached hydrogens (tertiary/aromatic N) is 5. The average Bonchev–Trinajstić information content (AvgIpc) is 2.82. The smallest absolute Gasteiger partial charge is 0.265 e. The van der Waals surface area contributed by atoms with E-state index in [1.807, 2.05) is 19.9 Å². The number of hydrogen-bond donors (Lipinski definition) is 0. The van der Waals surface area contributed by atoms with Crippen LogP contribution in [0.4, 0.5) is 8.78 Å². The van der Waals surface area contributed by atoms with Gasteiger partial charge in [0.2, 0.25) is 5.84 Å². The summed E-state index contributed by atoms with van der Waals surface area (Å²) in [5.74, 6) is -3.84. The van der Waals surface area contributed by atoms with E-state index < -0.39 is 11.8 Å². The molecule has 0 amide bonds. The number of alkyl halides is 2. The SMILES string of the molecule is C=C1C=CC(c2ccnc(C)c2)=NN1C(=NCCCC)C(F)(F)c1ccc2ncccc2c1. The Morgan fingerprint density at radius 1 is 1.09 bits per heavy atom. The van der Waals surface area contributed by atoms with Crippen LogP contribution >= 0.6 is 0 Å². The molecule has 1 aliphatic heterocycles. The summed E-state index contributed by atoms with van der Waals surface area (Å²) in [5, 5.41) is 6.32. The van der Waals surface area contributed by atoms with Gasteiger partial charge in [-0.2, -0.15) is 13.9 Å². The average molecular weight is 446 g/mol. The molecule has 5 nitrogen and oxygen atoms in total. The molecule has 4 rings (SSSR count). The fourth-order valence-corrected chi connectivity index (χ4v) is 3.54. The van der Waals surface area contributed by atoms with Crippen LogP contribution < -0.4 is 0 Å². The Balaban J connectivity index is 1.79. The molecule has 0 fully saturated rings. The lowest BCUT2D eigenvalue weighted by molar-refractivity contribution is 0.0627. The Kier molecular flexibility index (Phi) is 6.40. The highest BCUT2D eigenvalue weighted by molar-refractivity contribution is 6.10. The van der Waals surface area contributed by atoms with Crippen molar-refractivity contribution in [2.75, 3.05) is 6.54 Å². The fraction of sp³-hybridized carbons (Fsp3) is 0.231. The number of rotatable bonds is 6. The second-order valence-corrected chi connectivity index (χ2v) is 7.85. The van der Waals surface area contributed by atoms with Gasteiger partial charge in [0.25, 0.3) is 0 Å². The third-order valence-electron chi connectivity index (χ3n) is 5.33. The molecule has 0 saturated carbocycles. The van der Waals surface area contributed by atoms with Crippen LogP contribution in [-0.4, -0.2) is 33.1 Å². The summed E-state index contributed by atoms with van der Waals surface area (Å²) in [6.07, 6.45) is 8.28. The molecule has 0 spiro atoms. The predicted molar refractivity (Wildman–Crippen MR) is 128 cm³/mol. The third-order valence-corrected chi connectivity index (χ3v) is 5.33. The van der Waals surface area contributed by atoms with Crippen molar-refractivity contribution in [3.63, 3.8) is 0 Å². The Hall–Kier alpha value is -3.74. The molecular formula is C26H25F2N5. The number of hydrazone groups is 1. The molecule has 0 N–H and O–H groups in total. The van der Waals surface area contributed by atoms with E-state index in [0.717, 1.165) is 22.7 Å². The van der Waals surface area contributed by atoms with E-state index in [-0.39, 0.29) is 12.1 Å². The van der Waals surface area contributed by atoms with Gasteiger partial charge in [0, 0.05) is 41.1 Å². The van der Waals surface area contributed by atoms with E-state index >= 15 is 8.78 Å². The van der Waals surface area contributed by atoms with Gasteiger partial charge in [-0.25, -0.2) is 5.01 Å². The Bertz CT molecular complexity index is 1280. The number of fused-ring (bicyclic) bond motifs is 1. The van der Waals surface area contributed by atoms with Crippen molar-refractivity contribution in [3.05, 3.63) is 96.1 Å². The van der Waals surface area contributed by atoms with Gasteiger partial charge in [0.05, 0.1) is 16.9 Å². The number of aryl methyl sites for hydroxylation is 1. The quantitative estimate of drug-likeness (QED) is 0.265. The number of hydrogen-bond acceptors (Lipinski definition) is 4. The summed E-state index contributed by atoms with van der Waals surface area (Å²) in [7, 11) is 0. The molecule has 0 bridgehead atoms. The Morgan fingerprint density at radius 3 is 2.73 bits per heavy atom. The van der Waals surface area contributed by atoms with E-state index in [1.54, 1.807) is 48.8 Å². The molecule has 1 aromatic carbocycles. The van der Waals surface area contributed by atoms with Gasteiger partial charge >= 0.3 is 5.92 Å². The molecule has 1 aliphatic rings. The molecule has 2 aromatic heterocycles. The second-order valence-electron chi connectivity index (χ2n) is 7.85. The van der Waals surface area contributed by atoms with Gasteiger partial charge in [-0.1, -0.05) is 32.1 Å². The van der Waals surface area contributed by atoms with E-state index in [9.17, 15) is 0 Å². The highest BCUT2D eigenvalue weighted by Crippen LogP contribution is 2.35. The Labute approximate surface area is 191 Å². The van der Waals surface area contributed by atoms with Crippen molar-refractivity contribution >= 4 is 22.5 Å². The second kappa shape index (κ2) is 9.40. The molecule has 0 atom stereocenters. The van der Waals surface area contributed by atoms with Crippen molar-refractivity contribution in [1.29, 1.82) is 0 Å². The number of pyridine rings is 2. The molecule has 3 heterocycles. The molecule has 33 heavy (non-hydrogen) atoms. The monoisotopic (exact) mass is 445 g/mol. The van der Waals surface area contributed by atoms with Crippen molar-refractivity contribution < 1.29 is 8.78 Å². The number of allylic oxidation sites excluding steroid dienone is 2. The van der Waals surface area contributed by atoms with Crippen LogP contribution in [0.25, 0.3) is 10.9 Å². The van der Waals surface area contributed by atoms with E-state index in [4.69, 9.17) is 0 Å². The van der Waals surface area contributed by atoms with Crippen LogP contribution in [0.5, 0.6) is 0 Å². The predicted octanol–water partition coefficient (Wildman–Crippen LogP) is 6.02. The number of halogens is 2. The van der Waals surface area contributed by atoms with Crippen molar-refractivity contribution in [3.8, 4) is 0 Å². The third kappa shape index (κ3) is 4.72. The molecule has 0 aliphatic carbocycles. The molecule has 7 heteroatoms. The summed E-state index contributed by atoms with van der Waals surface area (Å²) in [6, 6.07) is 11.6. The zero-order valence-corrected chi connectivity index (χ0v) is 18.7. The molecular weight excluding hydrogens is 420 g/mol. The topological polar surface area (TPSA) is 53.7 Å². The first kappa shape index (κ1) is 22.5. The first-order valence-electron chi connectivity index (χ1n) is 10.9. The standard InChI is InChI=1S/C26H25F2N5/c1-4-5-13-31-25(26(27,28)22-9-11-23-20(17-22)7-6-14-30-23)33-19(3)8-10-24(32-33)21-12-15-29-18(2)16-21/h6-12,14-17H,3-5,13H2,1-2H3. The van der Waals surface area contributed by atoms with Crippen molar-refractivity contribution in [1.82, 2.24) is 15.0 Å². The van der Waals surface area contributed by atoms with Gasteiger partial charge < -0.3 is 0 Å². The summed E-state index contributed by atoms with van der Waals surface area (Å²) in [5.41, 5.74) is 2.93. The van der Waals surface area contributed by atoms with Crippen LogP contribution in [-0.2, 0) is 5.92 Å². The van der Waals surface area contributed by atoms with Crippen LogP contribution in [0.1, 0.15) is 36.6 Å². The zero-order valence-electron chi connectivity index (χ0n) is 18.7. The maximum atomic E-state index is 16.0. The molecule has 168 valence electrons. The van der Waals surface area contributed by atoms with Crippen LogP contribution in [0.3, 0.4) is 0 Å². The van der Waals surface area contributed by atoms with Gasteiger partial charge in [-0.05, 0) is 55.8 Å². The van der Waals surface area contributed by atoms with E-state index in [0.29, 0.717) is 28.7 Å². The lowest BCUT2D eigenvalue weighted by Gasteiger charge is -2.30. The van der Waals surface area contributed by atoms with E-state index in [2.05, 4.69) is 26.6 Å². The van der Waals surface area contributed by atoms with Gasteiger partial charge in [-0.15, -0.1) is 0 Å². The van der Waals surface area contributed by atoms with Gasteiger partial charge in [-0.3, -0.25) is 15.0 Å². The molecule has 3 aromatic rings. The first-order valence-corrected chi connectivity index (χ1v) is 10.9. The molecule has 0 saturated heterocycles. The summed E-state index contributed by atoms with van der Waals surface area (Å²) < 4.78 is 32.0. The number of aliphatic imine (C=N–C) groups is 1. The minimum atomic E-state index is -3.39. The van der Waals surface area contributed by atoms with Crippen LogP contribution in [0, 0.1) is 6.92 Å². The number of unbranched alkanes of at least 4 members (excludes halogenated alkanes) is 1. The maximum Gasteiger partial charge on any atom is 0.331 e. The fourth-order valence-electron chi connectivity index (χ4n) is 3.54. The van der Waals surface area contributed by atoms with Crippen LogP contribution in [0.2, 0.25) is 0 Å². The summed E-state index contributed by atoms with van der Waals surface area (Å²) >= 11 is 0. The van der Waals surface area contributed by atoms with Gasteiger partial charge in [0.15, 0.2) is 0 Å².